The highest BCUT2D eigenvalue weighted by atomic mass is 15.3. The number of allylic oxidation sites excluding steroid dienone is 1. The molecule has 2 atom stereocenters. The van der Waals surface area contributed by atoms with Gasteiger partial charge in [-0.2, -0.15) is 0 Å². The highest BCUT2D eigenvalue weighted by Gasteiger charge is 2.62. The summed E-state index contributed by atoms with van der Waals surface area (Å²) in [6.45, 7) is 12.5. The topological polar surface area (TPSA) is 6.48 Å². The number of benzene rings is 4. The molecule has 0 radical (unpaired) electrons. The molecule has 202 valence electrons. The molecule has 2 aliphatic carbocycles. The molecule has 41 heavy (non-hydrogen) atoms. The van der Waals surface area contributed by atoms with Crippen molar-refractivity contribution >= 4 is 45.9 Å². The summed E-state index contributed by atoms with van der Waals surface area (Å²) in [5, 5.41) is 0. The number of aryl methyl sites for hydroxylation is 1. The second-order valence-electron chi connectivity index (χ2n) is 14.1. The number of anilines is 4. The molecule has 0 N–H and O–H groups in total. The molecule has 3 aliphatic heterocycles. The van der Waals surface area contributed by atoms with Gasteiger partial charge in [0, 0.05) is 39.3 Å². The van der Waals surface area contributed by atoms with Crippen LogP contribution in [0, 0.1) is 6.92 Å². The molecule has 9 rings (SSSR count). The summed E-state index contributed by atoms with van der Waals surface area (Å²) < 4.78 is 0. The predicted molar refractivity (Wildman–Crippen MR) is 174 cm³/mol. The summed E-state index contributed by atoms with van der Waals surface area (Å²) in [4.78, 5) is 5.46. The van der Waals surface area contributed by atoms with E-state index in [0.29, 0.717) is 0 Å². The zero-order valence-electron chi connectivity index (χ0n) is 24.9. The Balaban J connectivity index is 1.45. The SMILES string of the molecule is Cc1cc2c3c(c1)N1c4c(cccc4C4(C)CCCCC14C)B3C1=C(N2c2ccccc2)C(C)(C)c2ccccc21. The van der Waals surface area contributed by atoms with E-state index in [1.165, 1.54) is 87.2 Å². The average Bonchev–Trinajstić information content (AvgIpc) is 3.34. The molecule has 2 nitrogen and oxygen atoms in total. The highest BCUT2D eigenvalue weighted by Crippen LogP contribution is 2.63. The van der Waals surface area contributed by atoms with Crippen molar-refractivity contribution < 1.29 is 0 Å². The van der Waals surface area contributed by atoms with Gasteiger partial charge in [-0.15, -0.1) is 0 Å². The van der Waals surface area contributed by atoms with Gasteiger partial charge in [-0.05, 0) is 89.6 Å². The maximum Gasteiger partial charge on any atom is 0.252 e. The predicted octanol–water partition coefficient (Wildman–Crippen LogP) is 8.05. The maximum absolute atomic E-state index is 2.83. The standard InChI is InChI=1S/C38H37BN2/c1-24-22-30-33-31(23-24)41-34-28(37(4)20-11-12-21-38(37,41)5)18-13-19-29(34)39(33)32-26-16-9-10-17-27(26)36(2,3)35(32)40(30)25-14-7-6-8-15-25/h6-10,13-19,22-23H,11-12,20-21H2,1-5H3. The van der Waals surface area contributed by atoms with Crippen molar-refractivity contribution in [3.8, 4) is 0 Å². The molecule has 0 aromatic heterocycles. The third kappa shape index (κ3) is 2.63. The monoisotopic (exact) mass is 532 g/mol. The van der Waals surface area contributed by atoms with Crippen molar-refractivity contribution in [2.45, 2.75) is 76.7 Å². The van der Waals surface area contributed by atoms with Gasteiger partial charge in [0.05, 0.1) is 5.54 Å². The summed E-state index contributed by atoms with van der Waals surface area (Å²) in [7, 11) is 0. The highest BCUT2D eigenvalue weighted by molar-refractivity contribution is 7.03. The molecule has 2 unspecified atom stereocenters. The van der Waals surface area contributed by atoms with Gasteiger partial charge in [-0.1, -0.05) is 94.3 Å². The van der Waals surface area contributed by atoms with E-state index in [-0.39, 0.29) is 23.1 Å². The molecule has 4 aromatic rings. The van der Waals surface area contributed by atoms with E-state index in [1.807, 2.05) is 0 Å². The zero-order chi connectivity index (χ0) is 27.9. The van der Waals surface area contributed by atoms with Crippen molar-refractivity contribution in [3.63, 3.8) is 0 Å². The summed E-state index contributed by atoms with van der Waals surface area (Å²) >= 11 is 0. The van der Waals surface area contributed by atoms with Gasteiger partial charge in [0.15, 0.2) is 0 Å². The van der Waals surface area contributed by atoms with Crippen LogP contribution in [-0.2, 0) is 10.8 Å². The number of nitrogens with zero attached hydrogens (tertiary/aromatic N) is 2. The van der Waals surface area contributed by atoms with Crippen LogP contribution in [0.4, 0.5) is 22.7 Å². The van der Waals surface area contributed by atoms with Crippen molar-refractivity contribution in [1.82, 2.24) is 0 Å². The van der Waals surface area contributed by atoms with E-state index in [0.717, 1.165) is 0 Å². The lowest BCUT2D eigenvalue weighted by atomic mass is 9.32. The maximum atomic E-state index is 2.83. The van der Waals surface area contributed by atoms with Crippen molar-refractivity contribution in [3.05, 3.63) is 113 Å². The molecule has 0 saturated heterocycles. The molecule has 4 aromatic carbocycles. The Morgan fingerprint density at radius 2 is 1.44 bits per heavy atom. The number of rotatable bonds is 1. The first-order chi connectivity index (χ1) is 19.8. The summed E-state index contributed by atoms with van der Waals surface area (Å²) in [6, 6.07) is 32.6. The fourth-order valence-electron chi connectivity index (χ4n) is 9.79. The zero-order valence-corrected chi connectivity index (χ0v) is 24.9. The molecular weight excluding hydrogens is 495 g/mol. The van der Waals surface area contributed by atoms with Crippen LogP contribution in [0.1, 0.15) is 75.6 Å². The molecule has 1 fully saturated rings. The molecule has 3 heterocycles. The average molecular weight is 533 g/mol. The van der Waals surface area contributed by atoms with Crippen LogP contribution in [-0.4, -0.2) is 12.3 Å². The van der Waals surface area contributed by atoms with Gasteiger partial charge in [0.1, 0.15) is 0 Å². The Labute approximate surface area is 244 Å². The van der Waals surface area contributed by atoms with E-state index in [4.69, 9.17) is 0 Å². The lowest BCUT2D eigenvalue weighted by molar-refractivity contribution is 0.195. The molecule has 0 spiro atoms. The van der Waals surface area contributed by atoms with Crippen LogP contribution >= 0.6 is 0 Å². The second-order valence-corrected chi connectivity index (χ2v) is 14.1. The van der Waals surface area contributed by atoms with E-state index >= 15 is 0 Å². The van der Waals surface area contributed by atoms with Gasteiger partial charge in [-0.25, -0.2) is 0 Å². The molecular formula is C38H37BN2. The van der Waals surface area contributed by atoms with Crippen LogP contribution in [0.25, 0.3) is 5.47 Å². The normalized spacial score (nSPS) is 25.9. The van der Waals surface area contributed by atoms with E-state index in [1.54, 1.807) is 5.56 Å². The van der Waals surface area contributed by atoms with Gasteiger partial charge in [0.25, 0.3) is 6.71 Å². The van der Waals surface area contributed by atoms with Crippen LogP contribution in [0.15, 0.2) is 90.6 Å². The Bertz CT molecular complexity index is 1830. The van der Waals surface area contributed by atoms with Crippen LogP contribution in [0.2, 0.25) is 0 Å². The Morgan fingerprint density at radius 3 is 2.27 bits per heavy atom. The summed E-state index contributed by atoms with van der Waals surface area (Å²) in [6.07, 6.45) is 5.11. The van der Waals surface area contributed by atoms with Gasteiger partial charge < -0.3 is 9.80 Å². The molecule has 0 bridgehead atoms. The first-order valence-electron chi connectivity index (χ1n) is 15.6. The van der Waals surface area contributed by atoms with E-state index in [9.17, 15) is 0 Å². The lowest BCUT2D eigenvalue weighted by Gasteiger charge is -2.53. The minimum absolute atomic E-state index is 0.0648. The van der Waals surface area contributed by atoms with Crippen LogP contribution in [0.5, 0.6) is 0 Å². The van der Waals surface area contributed by atoms with E-state index < -0.39 is 0 Å². The van der Waals surface area contributed by atoms with Crippen molar-refractivity contribution in [2.75, 3.05) is 9.80 Å². The fraction of sp³-hybridized carbons (Fsp3) is 0.316. The molecule has 5 aliphatic rings. The Morgan fingerprint density at radius 1 is 0.732 bits per heavy atom. The summed E-state index contributed by atoms with van der Waals surface area (Å²) in [5.41, 5.74) is 17.4. The van der Waals surface area contributed by atoms with Crippen LogP contribution < -0.4 is 20.7 Å². The fourth-order valence-corrected chi connectivity index (χ4v) is 9.79. The van der Waals surface area contributed by atoms with Gasteiger partial charge in [-0.3, -0.25) is 0 Å². The minimum atomic E-state index is -0.121. The molecule has 1 saturated carbocycles. The molecule has 3 heteroatoms. The van der Waals surface area contributed by atoms with Crippen LogP contribution in [0.3, 0.4) is 0 Å². The van der Waals surface area contributed by atoms with E-state index in [2.05, 4.69) is 129 Å². The van der Waals surface area contributed by atoms with Crippen molar-refractivity contribution in [1.29, 1.82) is 0 Å². The number of hydrogen-bond acceptors (Lipinski definition) is 2. The quantitative estimate of drug-likeness (QED) is 0.229. The largest absolute Gasteiger partial charge is 0.335 e. The Kier molecular flexibility index (Phi) is 4.42. The Hall–Kier alpha value is -3.72. The van der Waals surface area contributed by atoms with Gasteiger partial charge in [0.2, 0.25) is 0 Å². The summed E-state index contributed by atoms with van der Waals surface area (Å²) in [5.74, 6) is 0. The number of hydrogen-bond donors (Lipinski definition) is 0. The smallest absolute Gasteiger partial charge is 0.252 e. The van der Waals surface area contributed by atoms with Crippen molar-refractivity contribution in [2.24, 2.45) is 0 Å². The number of fused-ring (bicyclic) bond motifs is 8. The second kappa shape index (κ2) is 7.56. The third-order valence-electron chi connectivity index (χ3n) is 11.8. The first-order valence-corrected chi connectivity index (χ1v) is 15.6. The third-order valence-corrected chi connectivity index (χ3v) is 11.8. The lowest BCUT2D eigenvalue weighted by Crippen LogP contribution is -2.61. The van der Waals surface area contributed by atoms with Gasteiger partial charge >= 0.3 is 0 Å². The number of para-hydroxylation sites is 2. The first kappa shape index (κ1) is 23.9. The minimum Gasteiger partial charge on any atom is -0.335 e. The molecule has 0 amide bonds.